The van der Waals surface area contributed by atoms with Crippen LogP contribution in [0.15, 0.2) is 11.4 Å². The number of nitrogens with zero attached hydrogens (tertiary/aromatic N) is 1. The number of aliphatic hydroxyl groups excluding tert-OH is 1. The molecule has 1 N–H and O–H groups in total. The van der Waals surface area contributed by atoms with Crippen molar-refractivity contribution in [1.29, 1.82) is 0 Å². The number of ether oxygens (including phenoxy) is 1. The van der Waals surface area contributed by atoms with Gasteiger partial charge in [0.1, 0.15) is 5.75 Å². The smallest absolute Gasteiger partial charge is 0.264 e. The van der Waals surface area contributed by atoms with Crippen molar-refractivity contribution in [2.75, 3.05) is 26.8 Å². The van der Waals surface area contributed by atoms with E-state index in [1.807, 2.05) is 5.38 Å². The molecule has 1 fully saturated rings. The van der Waals surface area contributed by atoms with Crippen LogP contribution in [0, 0.1) is 5.92 Å². The topological polar surface area (TPSA) is 49.8 Å². The molecule has 0 bridgehead atoms. The van der Waals surface area contributed by atoms with Crippen molar-refractivity contribution in [3.63, 3.8) is 0 Å². The van der Waals surface area contributed by atoms with Gasteiger partial charge in [-0.25, -0.2) is 0 Å². The molecule has 4 nitrogen and oxygen atoms in total. The van der Waals surface area contributed by atoms with Gasteiger partial charge in [-0.1, -0.05) is 0 Å². The van der Waals surface area contributed by atoms with Gasteiger partial charge in [0.15, 0.2) is 0 Å². The van der Waals surface area contributed by atoms with E-state index in [-0.39, 0.29) is 18.4 Å². The summed E-state index contributed by atoms with van der Waals surface area (Å²) < 4.78 is 5.02. The van der Waals surface area contributed by atoms with Crippen molar-refractivity contribution in [3.8, 4) is 5.75 Å². The van der Waals surface area contributed by atoms with Gasteiger partial charge in [-0.3, -0.25) is 4.79 Å². The molecule has 0 aliphatic carbocycles. The lowest BCUT2D eigenvalue weighted by atomic mass is 10.0. The third-order valence-corrected chi connectivity index (χ3v) is 3.42. The normalized spacial score (nSPS) is 16.3. The Morgan fingerprint density at radius 2 is 2.47 bits per heavy atom. The highest BCUT2D eigenvalue weighted by Gasteiger charge is 2.31. The monoisotopic (exact) mass is 227 g/mol. The van der Waals surface area contributed by atoms with Crippen molar-refractivity contribution in [3.05, 3.63) is 16.3 Å². The maximum absolute atomic E-state index is 11.8. The summed E-state index contributed by atoms with van der Waals surface area (Å²) in [5, 5.41) is 10.7. The molecule has 1 aliphatic rings. The molecule has 0 radical (unpaired) electrons. The molecule has 1 aliphatic heterocycles. The molecule has 1 saturated heterocycles. The fraction of sp³-hybridized carbons (Fsp3) is 0.500. The Bertz CT molecular complexity index is 357. The summed E-state index contributed by atoms with van der Waals surface area (Å²) in [4.78, 5) is 14.3. The van der Waals surface area contributed by atoms with Crippen molar-refractivity contribution >= 4 is 17.2 Å². The highest BCUT2D eigenvalue weighted by Crippen LogP contribution is 2.25. The number of methoxy groups -OCH3 is 1. The second-order valence-corrected chi connectivity index (χ2v) is 4.52. The van der Waals surface area contributed by atoms with Crippen LogP contribution in [-0.2, 0) is 0 Å². The quantitative estimate of drug-likeness (QED) is 0.831. The van der Waals surface area contributed by atoms with Crippen LogP contribution in [-0.4, -0.2) is 42.7 Å². The first-order valence-corrected chi connectivity index (χ1v) is 5.65. The maximum atomic E-state index is 11.8. The summed E-state index contributed by atoms with van der Waals surface area (Å²) in [7, 11) is 1.59. The fourth-order valence-corrected chi connectivity index (χ4v) is 2.37. The van der Waals surface area contributed by atoms with Gasteiger partial charge in [-0.2, -0.15) is 0 Å². The zero-order valence-corrected chi connectivity index (χ0v) is 9.29. The highest BCUT2D eigenvalue weighted by atomic mass is 32.1. The lowest BCUT2D eigenvalue weighted by Crippen LogP contribution is -2.51. The third-order valence-electron chi connectivity index (χ3n) is 2.52. The SMILES string of the molecule is COc1csc(C(=O)N2CC(CO)C2)c1. The van der Waals surface area contributed by atoms with E-state index < -0.39 is 0 Å². The van der Waals surface area contributed by atoms with Gasteiger partial charge < -0.3 is 14.7 Å². The van der Waals surface area contributed by atoms with Gasteiger partial charge in [0.2, 0.25) is 0 Å². The Morgan fingerprint density at radius 1 is 1.73 bits per heavy atom. The van der Waals surface area contributed by atoms with E-state index in [1.165, 1.54) is 11.3 Å². The van der Waals surface area contributed by atoms with Crippen LogP contribution in [0.1, 0.15) is 9.67 Å². The lowest BCUT2D eigenvalue weighted by Gasteiger charge is -2.37. The van der Waals surface area contributed by atoms with E-state index in [9.17, 15) is 4.79 Å². The van der Waals surface area contributed by atoms with E-state index in [4.69, 9.17) is 9.84 Å². The Morgan fingerprint density at radius 3 is 3.00 bits per heavy atom. The molecule has 2 heterocycles. The summed E-state index contributed by atoms with van der Waals surface area (Å²) in [6, 6.07) is 1.75. The highest BCUT2D eigenvalue weighted by molar-refractivity contribution is 7.12. The number of aliphatic hydroxyl groups is 1. The van der Waals surface area contributed by atoms with E-state index >= 15 is 0 Å². The minimum Gasteiger partial charge on any atom is -0.496 e. The number of carbonyl (C=O) groups excluding carboxylic acids is 1. The van der Waals surface area contributed by atoms with Crippen molar-refractivity contribution in [1.82, 2.24) is 4.90 Å². The van der Waals surface area contributed by atoms with Gasteiger partial charge >= 0.3 is 0 Å². The van der Waals surface area contributed by atoms with Crippen LogP contribution in [0.4, 0.5) is 0 Å². The zero-order chi connectivity index (χ0) is 10.8. The molecule has 0 spiro atoms. The first kappa shape index (κ1) is 10.4. The third kappa shape index (κ3) is 1.98. The minimum absolute atomic E-state index is 0.0352. The molecule has 5 heteroatoms. The zero-order valence-electron chi connectivity index (χ0n) is 8.47. The molecule has 0 unspecified atom stereocenters. The summed E-state index contributed by atoms with van der Waals surface area (Å²) in [6.07, 6.45) is 0. The second-order valence-electron chi connectivity index (χ2n) is 3.61. The summed E-state index contributed by atoms with van der Waals surface area (Å²) in [5.74, 6) is 1.02. The number of carbonyl (C=O) groups is 1. The van der Waals surface area contributed by atoms with Gasteiger partial charge in [0.05, 0.1) is 12.0 Å². The number of amides is 1. The van der Waals surface area contributed by atoms with Crippen LogP contribution < -0.4 is 4.74 Å². The molecule has 1 amide bonds. The van der Waals surface area contributed by atoms with Crippen molar-refractivity contribution in [2.24, 2.45) is 5.92 Å². The van der Waals surface area contributed by atoms with Crippen molar-refractivity contribution in [2.45, 2.75) is 0 Å². The van der Waals surface area contributed by atoms with E-state index in [0.717, 1.165) is 5.75 Å². The van der Waals surface area contributed by atoms with Crippen molar-refractivity contribution < 1.29 is 14.6 Å². The van der Waals surface area contributed by atoms with Crippen LogP contribution in [0.3, 0.4) is 0 Å². The largest absolute Gasteiger partial charge is 0.496 e. The predicted molar refractivity (Wildman–Crippen MR) is 57.4 cm³/mol. The van der Waals surface area contributed by atoms with E-state index in [2.05, 4.69) is 0 Å². The number of rotatable bonds is 3. The summed E-state index contributed by atoms with van der Waals surface area (Å²) in [6.45, 7) is 1.49. The Kier molecular flexibility index (Phi) is 2.93. The Hall–Kier alpha value is -1.07. The fourth-order valence-electron chi connectivity index (χ4n) is 1.54. The van der Waals surface area contributed by atoms with E-state index in [1.54, 1.807) is 18.1 Å². The molecule has 0 atom stereocenters. The number of likely N-dealkylation sites (tertiary alicyclic amines) is 1. The molecular weight excluding hydrogens is 214 g/mol. The van der Waals surface area contributed by atoms with Gasteiger partial charge in [-0.05, 0) is 0 Å². The first-order valence-electron chi connectivity index (χ1n) is 4.77. The predicted octanol–water partition coefficient (Wildman–Crippen LogP) is 0.821. The number of hydrogen-bond donors (Lipinski definition) is 1. The molecule has 0 saturated carbocycles. The first-order chi connectivity index (χ1) is 7.24. The molecule has 1 aromatic heterocycles. The molecule has 2 rings (SSSR count). The standard InChI is InChI=1S/C10H13NO3S/c1-14-8-2-9(15-6-8)10(13)11-3-7(4-11)5-12/h2,6-7,12H,3-5H2,1H3. The summed E-state index contributed by atoms with van der Waals surface area (Å²) >= 11 is 1.39. The molecular formula is C10H13NO3S. The molecule has 82 valence electrons. The average Bonchev–Trinajstić information content (AvgIpc) is 2.64. The minimum atomic E-state index is 0.0352. The molecule has 1 aromatic rings. The average molecular weight is 227 g/mol. The molecule has 0 aromatic carbocycles. The Labute approximate surface area is 92.1 Å². The van der Waals surface area contributed by atoms with Gasteiger partial charge in [0, 0.05) is 37.1 Å². The van der Waals surface area contributed by atoms with Crippen LogP contribution in [0.25, 0.3) is 0 Å². The second kappa shape index (κ2) is 4.20. The maximum Gasteiger partial charge on any atom is 0.264 e. The number of hydrogen-bond acceptors (Lipinski definition) is 4. The molecule has 15 heavy (non-hydrogen) atoms. The van der Waals surface area contributed by atoms with Crippen LogP contribution >= 0.6 is 11.3 Å². The van der Waals surface area contributed by atoms with Gasteiger partial charge in [-0.15, -0.1) is 11.3 Å². The lowest BCUT2D eigenvalue weighted by molar-refractivity contribution is 0.0366. The van der Waals surface area contributed by atoms with E-state index in [0.29, 0.717) is 18.0 Å². The number of thiophene rings is 1. The van der Waals surface area contributed by atoms with Crippen LogP contribution in [0.5, 0.6) is 5.75 Å². The Balaban J connectivity index is 1.97. The van der Waals surface area contributed by atoms with Gasteiger partial charge in [0.25, 0.3) is 5.91 Å². The summed E-state index contributed by atoms with van der Waals surface area (Å²) in [5.41, 5.74) is 0. The van der Waals surface area contributed by atoms with Crippen LogP contribution in [0.2, 0.25) is 0 Å².